The van der Waals surface area contributed by atoms with Gasteiger partial charge in [0.25, 0.3) is 0 Å². The second-order valence-electron chi connectivity index (χ2n) is 5.17. The number of aliphatic hydroxyl groups is 1. The standard InChI is InChI=1S/C12H18O4/c1-12-6-5-8(13)10(11(15)16-2)7(12)3-4-9(12)14/h7,9-10,14H,3-6H2,1-2H3/t7-,9-,10-,12-/m0/s1. The first kappa shape index (κ1) is 11.6. The van der Waals surface area contributed by atoms with Crippen LogP contribution in [0.4, 0.5) is 0 Å². The molecule has 4 heteroatoms. The summed E-state index contributed by atoms with van der Waals surface area (Å²) >= 11 is 0. The third-order valence-electron chi connectivity index (χ3n) is 4.47. The number of carbonyl (C=O) groups is 2. The molecule has 0 aromatic heterocycles. The average molecular weight is 226 g/mol. The van der Waals surface area contributed by atoms with E-state index in [1.807, 2.05) is 6.92 Å². The molecule has 1 N–H and O–H groups in total. The van der Waals surface area contributed by atoms with Crippen molar-refractivity contribution in [2.45, 2.75) is 38.7 Å². The number of ether oxygens (including phenoxy) is 1. The second-order valence-corrected chi connectivity index (χ2v) is 5.17. The van der Waals surface area contributed by atoms with Crippen LogP contribution in [0.5, 0.6) is 0 Å². The molecule has 16 heavy (non-hydrogen) atoms. The molecule has 0 aliphatic heterocycles. The maximum atomic E-state index is 11.8. The van der Waals surface area contributed by atoms with Crippen molar-refractivity contribution < 1.29 is 19.4 Å². The Labute approximate surface area is 95.0 Å². The van der Waals surface area contributed by atoms with E-state index in [2.05, 4.69) is 0 Å². The molecule has 4 atom stereocenters. The van der Waals surface area contributed by atoms with Crippen molar-refractivity contribution in [2.75, 3.05) is 7.11 Å². The molecule has 0 aromatic rings. The summed E-state index contributed by atoms with van der Waals surface area (Å²) in [7, 11) is 1.31. The van der Waals surface area contributed by atoms with Crippen molar-refractivity contribution in [3.8, 4) is 0 Å². The smallest absolute Gasteiger partial charge is 0.316 e. The zero-order chi connectivity index (χ0) is 11.9. The van der Waals surface area contributed by atoms with Crippen LogP contribution in [0.15, 0.2) is 0 Å². The van der Waals surface area contributed by atoms with Gasteiger partial charge < -0.3 is 9.84 Å². The van der Waals surface area contributed by atoms with E-state index < -0.39 is 18.0 Å². The molecule has 2 rings (SSSR count). The number of aliphatic hydroxyl groups excluding tert-OH is 1. The lowest BCUT2D eigenvalue weighted by atomic mass is 9.63. The number of fused-ring (bicyclic) bond motifs is 1. The van der Waals surface area contributed by atoms with Crippen LogP contribution >= 0.6 is 0 Å². The molecule has 0 unspecified atom stereocenters. The SMILES string of the molecule is COC(=O)[C@@H]1C(=O)CC[C@]2(C)[C@@H](O)CC[C@@H]12. The van der Waals surface area contributed by atoms with E-state index in [1.54, 1.807) is 0 Å². The van der Waals surface area contributed by atoms with Gasteiger partial charge in [0.15, 0.2) is 0 Å². The highest BCUT2D eigenvalue weighted by molar-refractivity contribution is 6.00. The summed E-state index contributed by atoms with van der Waals surface area (Å²) in [5.74, 6) is -1.16. The van der Waals surface area contributed by atoms with E-state index in [9.17, 15) is 14.7 Å². The van der Waals surface area contributed by atoms with Crippen LogP contribution in [0, 0.1) is 17.3 Å². The van der Waals surface area contributed by atoms with Gasteiger partial charge in [-0.05, 0) is 30.6 Å². The van der Waals surface area contributed by atoms with E-state index in [4.69, 9.17) is 4.74 Å². The lowest BCUT2D eigenvalue weighted by Gasteiger charge is -2.41. The highest BCUT2D eigenvalue weighted by Gasteiger charge is 2.55. The summed E-state index contributed by atoms with van der Waals surface area (Å²) in [6.07, 6.45) is 2.10. The molecule has 0 saturated heterocycles. The molecule has 0 radical (unpaired) electrons. The Morgan fingerprint density at radius 2 is 2.19 bits per heavy atom. The fraction of sp³-hybridized carbons (Fsp3) is 0.833. The maximum absolute atomic E-state index is 11.8. The van der Waals surface area contributed by atoms with E-state index in [0.717, 1.165) is 6.42 Å². The van der Waals surface area contributed by atoms with Gasteiger partial charge in [-0.25, -0.2) is 0 Å². The van der Waals surface area contributed by atoms with E-state index >= 15 is 0 Å². The van der Waals surface area contributed by atoms with Crippen LogP contribution in [0.3, 0.4) is 0 Å². The van der Waals surface area contributed by atoms with Crippen LogP contribution in [0.1, 0.15) is 32.6 Å². The number of rotatable bonds is 1. The van der Waals surface area contributed by atoms with Crippen molar-refractivity contribution in [3.63, 3.8) is 0 Å². The largest absolute Gasteiger partial charge is 0.468 e. The van der Waals surface area contributed by atoms with E-state index in [-0.39, 0.29) is 17.1 Å². The summed E-state index contributed by atoms with van der Waals surface area (Å²) in [6, 6.07) is 0. The topological polar surface area (TPSA) is 63.6 Å². The zero-order valence-corrected chi connectivity index (χ0v) is 9.73. The van der Waals surface area contributed by atoms with Crippen molar-refractivity contribution in [1.82, 2.24) is 0 Å². The predicted octanol–water partition coefficient (Wildman–Crippen LogP) is 0.916. The highest BCUT2D eigenvalue weighted by atomic mass is 16.5. The fourth-order valence-electron chi connectivity index (χ4n) is 3.34. The quantitative estimate of drug-likeness (QED) is 0.533. The summed E-state index contributed by atoms with van der Waals surface area (Å²) < 4.78 is 4.71. The molecule has 0 bridgehead atoms. The minimum absolute atomic E-state index is 0.0246. The van der Waals surface area contributed by atoms with Crippen molar-refractivity contribution >= 4 is 11.8 Å². The molecule has 2 fully saturated rings. The van der Waals surface area contributed by atoms with Crippen molar-refractivity contribution in [2.24, 2.45) is 17.3 Å². The van der Waals surface area contributed by atoms with Crippen LogP contribution in [-0.4, -0.2) is 30.1 Å². The Bertz CT molecular complexity index is 317. The van der Waals surface area contributed by atoms with Gasteiger partial charge in [0.2, 0.25) is 0 Å². The Morgan fingerprint density at radius 1 is 1.50 bits per heavy atom. The number of Topliss-reactive ketones (excluding diaryl/α,β-unsaturated/α-hetero) is 1. The number of hydrogen-bond donors (Lipinski definition) is 1. The monoisotopic (exact) mass is 226 g/mol. The third kappa shape index (κ3) is 1.47. The van der Waals surface area contributed by atoms with Gasteiger partial charge in [-0.2, -0.15) is 0 Å². The first-order valence-electron chi connectivity index (χ1n) is 5.79. The molecule has 0 amide bonds. The minimum atomic E-state index is -0.652. The van der Waals surface area contributed by atoms with Crippen LogP contribution < -0.4 is 0 Å². The summed E-state index contributed by atoms with van der Waals surface area (Å²) in [4.78, 5) is 23.4. The maximum Gasteiger partial charge on any atom is 0.316 e. The molecular formula is C12H18O4. The Morgan fingerprint density at radius 3 is 2.81 bits per heavy atom. The number of esters is 1. The summed E-state index contributed by atoms with van der Waals surface area (Å²) in [5.41, 5.74) is -0.285. The molecule has 2 saturated carbocycles. The van der Waals surface area contributed by atoms with Gasteiger partial charge in [-0.15, -0.1) is 0 Å². The number of ketones is 1. The molecule has 2 aliphatic rings. The number of carbonyl (C=O) groups excluding carboxylic acids is 2. The first-order chi connectivity index (χ1) is 7.50. The van der Waals surface area contributed by atoms with Gasteiger partial charge in [0, 0.05) is 6.42 Å². The van der Waals surface area contributed by atoms with Crippen molar-refractivity contribution in [3.05, 3.63) is 0 Å². The normalized spacial score (nSPS) is 42.9. The van der Waals surface area contributed by atoms with Gasteiger partial charge in [0.05, 0.1) is 13.2 Å². The van der Waals surface area contributed by atoms with E-state index in [1.165, 1.54) is 7.11 Å². The molecular weight excluding hydrogens is 208 g/mol. The Balaban J connectivity index is 2.30. The van der Waals surface area contributed by atoms with Gasteiger partial charge in [-0.1, -0.05) is 6.92 Å². The molecule has 4 nitrogen and oxygen atoms in total. The minimum Gasteiger partial charge on any atom is -0.468 e. The van der Waals surface area contributed by atoms with Crippen LogP contribution in [-0.2, 0) is 14.3 Å². The molecule has 0 heterocycles. The lowest BCUT2D eigenvalue weighted by Crippen LogP contribution is -2.46. The van der Waals surface area contributed by atoms with Gasteiger partial charge in [0.1, 0.15) is 11.7 Å². The average Bonchev–Trinajstić information content (AvgIpc) is 2.56. The Hall–Kier alpha value is -0.900. The third-order valence-corrected chi connectivity index (χ3v) is 4.47. The van der Waals surface area contributed by atoms with E-state index in [0.29, 0.717) is 19.3 Å². The molecule has 0 aromatic carbocycles. The summed E-state index contributed by atoms with van der Waals surface area (Å²) in [5, 5.41) is 9.98. The van der Waals surface area contributed by atoms with Gasteiger partial charge in [-0.3, -0.25) is 9.59 Å². The molecule has 90 valence electrons. The van der Waals surface area contributed by atoms with Crippen LogP contribution in [0.2, 0.25) is 0 Å². The molecule has 2 aliphatic carbocycles. The predicted molar refractivity (Wildman–Crippen MR) is 56.6 cm³/mol. The second kappa shape index (κ2) is 3.84. The lowest BCUT2D eigenvalue weighted by molar-refractivity contribution is -0.157. The van der Waals surface area contributed by atoms with Crippen LogP contribution in [0.25, 0.3) is 0 Å². The highest BCUT2D eigenvalue weighted by Crippen LogP contribution is 2.53. The van der Waals surface area contributed by atoms with Crippen molar-refractivity contribution in [1.29, 1.82) is 0 Å². The Kier molecular flexibility index (Phi) is 2.78. The zero-order valence-electron chi connectivity index (χ0n) is 9.73. The summed E-state index contributed by atoms with van der Waals surface area (Å²) in [6.45, 7) is 1.98. The van der Waals surface area contributed by atoms with Gasteiger partial charge >= 0.3 is 5.97 Å². The number of hydrogen-bond acceptors (Lipinski definition) is 4. The number of methoxy groups -OCH3 is 1. The first-order valence-corrected chi connectivity index (χ1v) is 5.79. The fourth-order valence-corrected chi connectivity index (χ4v) is 3.34. The molecule has 0 spiro atoms.